The highest BCUT2D eigenvalue weighted by Crippen LogP contribution is 2.35. The third-order valence-electron chi connectivity index (χ3n) is 3.31. The molecular formula is C15H18N2O4. The highest BCUT2D eigenvalue weighted by atomic mass is 16.5. The number of aryl methyl sites for hydroxylation is 1. The predicted octanol–water partition coefficient (Wildman–Crippen LogP) is 1.31. The van der Waals surface area contributed by atoms with Crippen LogP contribution in [0.4, 0.5) is 0 Å². The fourth-order valence-electron chi connectivity index (χ4n) is 2.25. The van der Waals surface area contributed by atoms with Crippen LogP contribution in [0.1, 0.15) is 31.4 Å². The third kappa shape index (κ3) is 2.80. The highest BCUT2D eigenvalue weighted by Gasteiger charge is 2.46. The zero-order chi connectivity index (χ0) is 15.6. The second-order valence-corrected chi connectivity index (χ2v) is 4.96. The highest BCUT2D eigenvalue weighted by molar-refractivity contribution is 6.37. The van der Waals surface area contributed by atoms with E-state index in [2.05, 4.69) is 5.10 Å². The zero-order valence-electron chi connectivity index (χ0n) is 12.3. The van der Waals surface area contributed by atoms with Gasteiger partial charge >= 0.3 is 5.97 Å². The van der Waals surface area contributed by atoms with Crippen molar-refractivity contribution in [2.24, 2.45) is 5.10 Å². The topological polar surface area (TPSA) is 79.2 Å². The summed E-state index contributed by atoms with van der Waals surface area (Å²) in [5, 5.41) is 15.7. The van der Waals surface area contributed by atoms with Crippen molar-refractivity contribution in [1.82, 2.24) is 5.01 Å². The second-order valence-electron chi connectivity index (χ2n) is 4.96. The monoisotopic (exact) mass is 290 g/mol. The van der Waals surface area contributed by atoms with Crippen LogP contribution in [0.15, 0.2) is 29.4 Å². The Balaban J connectivity index is 2.37. The molecule has 112 valence electrons. The first-order valence-corrected chi connectivity index (χ1v) is 6.73. The van der Waals surface area contributed by atoms with Gasteiger partial charge in [-0.1, -0.05) is 29.8 Å². The third-order valence-corrected chi connectivity index (χ3v) is 3.31. The van der Waals surface area contributed by atoms with E-state index in [-0.39, 0.29) is 18.7 Å². The molecule has 1 N–H and O–H groups in total. The van der Waals surface area contributed by atoms with E-state index >= 15 is 0 Å². The Hall–Kier alpha value is -2.21. The molecule has 6 heteroatoms. The number of carbonyl (C=O) groups excluding carboxylic acids is 2. The van der Waals surface area contributed by atoms with Gasteiger partial charge < -0.3 is 9.84 Å². The van der Waals surface area contributed by atoms with Gasteiger partial charge in [0.2, 0.25) is 5.91 Å². The minimum absolute atomic E-state index is 0.0372. The molecule has 1 atom stereocenters. The van der Waals surface area contributed by atoms with Gasteiger partial charge in [-0.3, -0.25) is 4.79 Å². The van der Waals surface area contributed by atoms with E-state index < -0.39 is 17.6 Å². The Morgan fingerprint density at radius 1 is 1.38 bits per heavy atom. The van der Waals surface area contributed by atoms with Crippen LogP contribution in [-0.2, 0) is 20.1 Å². The smallest absolute Gasteiger partial charge is 0.354 e. The van der Waals surface area contributed by atoms with Gasteiger partial charge in [0.1, 0.15) is 0 Å². The largest absolute Gasteiger partial charge is 0.461 e. The van der Waals surface area contributed by atoms with Crippen molar-refractivity contribution in [2.45, 2.75) is 32.9 Å². The Bertz CT molecular complexity index is 594. The van der Waals surface area contributed by atoms with Crippen LogP contribution in [0.2, 0.25) is 0 Å². The molecule has 1 aliphatic heterocycles. The molecule has 0 saturated carbocycles. The summed E-state index contributed by atoms with van der Waals surface area (Å²) in [6.07, 6.45) is -0.0888. The van der Waals surface area contributed by atoms with Crippen LogP contribution in [0.5, 0.6) is 0 Å². The lowest BCUT2D eigenvalue weighted by Gasteiger charge is -2.30. The molecule has 1 aromatic rings. The number of nitrogens with zero attached hydrogens (tertiary/aromatic N) is 2. The summed E-state index contributed by atoms with van der Waals surface area (Å²) in [5.74, 6) is -1.07. The maximum absolute atomic E-state index is 11.8. The Morgan fingerprint density at radius 2 is 2.00 bits per heavy atom. The van der Waals surface area contributed by atoms with Crippen molar-refractivity contribution in [1.29, 1.82) is 0 Å². The lowest BCUT2D eigenvalue weighted by molar-refractivity contribution is -0.155. The molecule has 1 aliphatic rings. The standard InChI is InChI=1S/C15H18N2O4/c1-4-21-14(19)13-9-15(20,17(16-13)11(3)18)12-7-5-10(2)6-8-12/h5-8,20H,4,9H2,1-3H3/t15-/m1/s1. The van der Waals surface area contributed by atoms with Gasteiger partial charge in [0, 0.05) is 12.5 Å². The molecule has 0 saturated heterocycles. The van der Waals surface area contributed by atoms with Crippen molar-refractivity contribution in [3.63, 3.8) is 0 Å². The number of ether oxygens (including phenoxy) is 1. The Morgan fingerprint density at radius 3 is 2.52 bits per heavy atom. The summed E-state index contributed by atoms with van der Waals surface area (Å²) in [7, 11) is 0. The fraction of sp³-hybridized carbons (Fsp3) is 0.400. The SMILES string of the molecule is CCOC(=O)C1=NN(C(C)=O)[C@](O)(c2ccc(C)cc2)C1. The minimum Gasteiger partial charge on any atom is -0.461 e. The molecule has 0 spiro atoms. The number of esters is 1. The number of hydrogen-bond acceptors (Lipinski definition) is 5. The number of hydrogen-bond donors (Lipinski definition) is 1. The van der Waals surface area contributed by atoms with Gasteiger partial charge in [-0.15, -0.1) is 0 Å². The van der Waals surface area contributed by atoms with E-state index in [1.165, 1.54) is 6.92 Å². The molecule has 2 rings (SSSR count). The molecule has 6 nitrogen and oxygen atoms in total. The van der Waals surface area contributed by atoms with Crippen LogP contribution in [0.3, 0.4) is 0 Å². The first-order valence-electron chi connectivity index (χ1n) is 6.73. The van der Waals surface area contributed by atoms with Crippen molar-refractivity contribution in [3.8, 4) is 0 Å². The van der Waals surface area contributed by atoms with Gasteiger partial charge in [-0.25, -0.2) is 4.79 Å². The van der Waals surface area contributed by atoms with Crippen LogP contribution in [0.25, 0.3) is 0 Å². The molecule has 0 fully saturated rings. The molecule has 1 heterocycles. The molecule has 0 aromatic heterocycles. The number of aliphatic hydroxyl groups is 1. The number of hydrazone groups is 1. The first-order chi connectivity index (χ1) is 9.88. The van der Waals surface area contributed by atoms with E-state index in [1.54, 1.807) is 19.1 Å². The van der Waals surface area contributed by atoms with Crippen LogP contribution in [0, 0.1) is 6.92 Å². The predicted molar refractivity (Wildman–Crippen MR) is 76.3 cm³/mol. The quantitative estimate of drug-likeness (QED) is 0.851. The molecule has 1 amide bonds. The molecule has 0 bridgehead atoms. The van der Waals surface area contributed by atoms with E-state index in [0.717, 1.165) is 10.6 Å². The number of carbonyl (C=O) groups is 2. The Kier molecular flexibility index (Phi) is 4.09. The minimum atomic E-state index is -1.65. The Labute approximate surface area is 123 Å². The second kappa shape index (κ2) is 5.65. The molecule has 21 heavy (non-hydrogen) atoms. The van der Waals surface area contributed by atoms with E-state index in [1.807, 2.05) is 19.1 Å². The maximum atomic E-state index is 11.8. The van der Waals surface area contributed by atoms with E-state index in [9.17, 15) is 14.7 Å². The molecule has 1 aromatic carbocycles. The first kappa shape index (κ1) is 15.2. The van der Waals surface area contributed by atoms with E-state index in [4.69, 9.17) is 4.74 Å². The van der Waals surface area contributed by atoms with Crippen LogP contribution < -0.4 is 0 Å². The van der Waals surface area contributed by atoms with E-state index in [0.29, 0.717) is 5.56 Å². The maximum Gasteiger partial charge on any atom is 0.354 e. The molecule has 0 radical (unpaired) electrons. The van der Waals surface area contributed by atoms with Gasteiger partial charge in [0.05, 0.1) is 13.0 Å². The number of benzene rings is 1. The zero-order valence-corrected chi connectivity index (χ0v) is 12.3. The summed E-state index contributed by atoms with van der Waals surface area (Å²) in [6, 6.07) is 7.09. The lowest BCUT2D eigenvalue weighted by atomic mass is 9.96. The van der Waals surface area contributed by atoms with Gasteiger partial charge in [-0.05, 0) is 13.8 Å². The average Bonchev–Trinajstić information content (AvgIpc) is 2.79. The summed E-state index contributed by atoms with van der Waals surface area (Å²) in [6.45, 7) is 5.10. The van der Waals surface area contributed by atoms with Crippen LogP contribution >= 0.6 is 0 Å². The number of amides is 1. The normalized spacial score (nSPS) is 21.1. The van der Waals surface area contributed by atoms with Crippen LogP contribution in [-0.4, -0.2) is 34.3 Å². The van der Waals surface area contributed by atoms with Gasteiger partial charge in [0.15, 0.2) is 11.4 Å². The fourth-order valence-corrected chi connectivity index (χ4v) is 2.25. The summed E-state index contributed by atoms with van der Waals surface area (Å²) in [4.78, 5) is 23.5. The van der Waals surface area contributed by atoms with Crippen molar-refractivity contribution >= 4 is 17.6 Å². The lowest BCUT2D eigenvalue weighted by Crippen LogP contribution is -2.42. The molecule has 0 aliphatic carbocycles. The molecular weight excluding hydrogens is 272 g/mol. The van der Waals surface area contributed by atoms with Crippen molar-refractivity contribution in [3.05, 3.63) is 35.4 Å². The van der Waals surface area contributed by atoms with Gasteiger partial charge in [0.25, 0.3) is 0 Å². The number of rotatable bonds is 3. The van der Waals surface area contributed by atoms with Gasteiger partial charge in [-0.2, -0.15) is 10.1 Å². The average molecular weight is 290 g/mol. The summed E-state index contributed by atoms with van der Waals surface area (Å²) >= 11 is 0. The molecule has 0 unspecified atom stereocenters. The summed E-state index contributed by atoms with van der Waals surface area (Å²) in [5.41, 5.74) is -0.0792. The van der Waals surface area contributed by atoms with Crippen molar-refractivity contribution in [2.75, 3.05) is 6.61 Å². The van der Waals surface area contributed by atoms with Crippen molar-refractivity contribution < 1.29 is 19.4 Å². The summed E-state index contributed by atoms with van der Waals surface area (Å²) < 4.78 is 4.88.